The van der Waals surface area contributed by atoms with Crippen molar-refractivity contribution in [2.45, 2.75) is 26.2 Å². The van der Waals surface area contributed by atoms with Crippen LogP contribution in [-0.2, 0) is 6.42 Å². The van der Waals surface area contributed by atoms with Gasteiger partial charge in [0, 0.05) is 30.0 Å². The number of hydrogen-bond acceptors (Lipinski definition) is 5. The molecule has 0 saturated heterocycles. The maximum Gasteiger partial charge on any atom is 0.180 e. The molecule has 148 valence electrons. The van der Waals surface area contributed by atoms with E-state index in [2.05, 4.69) is 9.98 Å². The zero-order chi connectivity index (χ0) is 20.8. The summed E-state index contributed by atoms with van der Waals surface area (Å²) in [7, 11) is 1.55. The van der Waals surface area contributed by atoms with Crippen LogP contribution in [0.3, 0.4) is 0 Å². The first-order valence-electron chi connectivity index (χ1n) is 9.29. The van der Waals surface area contributed by atoms with Crippen LogP contribution in [-0.4, -0.2) is 24.1 Å². The van der Waals surface area contributed by atoms with Crippen LogP contribution in [0.5, 0.6) is 5.75 Å². The van der Waals surface area contributed by atoms with Gasteiger partial charge in [0.2, 0.25) is 0 Å². The molecule has 1 atom stereocenters. The van der Waals surface area contributed by atoms with E-state index in [0.717, 1.165) is 33.4 Å². The lowest BCUT2D eigenvalue weighted by Gasteiger charge is -2.19. The third-order valence-corrected chi connectivity index (χ3v) is 4.61. The summed E-state index contributed by atoms with van der Waals surface area (Å²) in [5.74, 6) is 1.16. The van der Waals surface area contributed by atoms with Gasteiger partial charge in [-0.05, 0) is 55.2 Å². The number of aliphatic imine (C=N–C) groups is 1. The Bertz CT molecular complexity index is 1010. The standard InChI is InChI=1S/C23H23N3O3/c1-16(2)25-23-7-6-19(14-24-23)21(12-17-8-10-26(28)11-9-17)18-4-5-20(15-27)22(13-18)29-3/h4-11,13-15,21H,12H2,1-3H3. The molecule has 1 aromatic carbocycles. The second-order valence-corrected chi connectivity index (χ2v) is 6.95. The molecular formula is C23H23N3O3. The fourth-order valence-corrected chi connectivity index (χ4v) is 3.18. The van der Waals surface area contributed by atoms with Crippen LogP contribution < -0.4 is 9.47 Å². The topological polar surface area (TPSA) is 78.5 Å². The molecule has 6 nitrogen and oxygen atoms in total. The molecule has 29 heavy (non-hydrogen) atoms. The summed E-state index contributed by atoms with van der Waals surface area (Å²) in [5, 5.41) is 11.4. The molecule has 0 aliphatic carbocycles. The smallest absolute Gasteiger partial charge is 0.180 e. The molecule has 0 radical (unpaired) electrons. The molecule has 0 aliphatic heterocycles. The SMILES string of the molecule is COc1cc(C(Cc2cc[n+]([O-])cc2)c2ccc(N=C(C)C)nc2)ccc1C=O. The highest BCUT2D eigenvalue weighted by Crippen LogP contribution is 2.32. The Balaban J connectivity index is 2.02. The van der Waals surface area contributed by atoms with Gasteiger partial charge in [-0.3, -0.25) is 4.79 Å². The fraction of sp³-hybridized carbons (Fsp3) is 0.217. The van der Waals surface area contributed by atoms with E-state index >= 15 is 0 Å². The highest BCUT2D eigenvalue weighted by atomic mass is 16.5. The van der Waals surface area contributed by atoms with E-state index in [0.29, 0.717) is 23.6 Å². The van der Waals surface area contributed by atoms with Crippen LogP contribution in [0.4, 0.5) is 5.82 Å². The Kier molecular flexibility index (Phi) is 6.34. The van der Waals surface area contributed by atoms with Crippen molar-refractivity contribution < 1.29 is 14.3 Å². The van der Waals surface area contributed by atoms with Crippen LogP contribution in [0.15, 0.2) is 66.0 Å². The van der Waals surface area contributed by atoms with Gasteiger partial charge in [-0.2, -0.15) is 4.73 Å². The lowest BCUT2D eigenvalue weighted by atomic mass is 9.86. The number of benzene rings is 1. The average molecular weight is 389 g/mol. The van der Waals surface area contributed by atoms with E-state index in [1.165, 1.54) is 12.4 Å². The summed E-state index contributed by atoms with van der Waals surface area (Å²) >= 11 is 0. The number of nitrogens with zero attached hydrogens (tertiary/aromatic N) is 3. The van der Waals surface area contributed by atoms with Crippen LogP contribution in [0.2, 0.25) is 0 Å². The number of hydrogen-bond donors (Lipinski definition) is 0. The van der Waals surface area contributed by atoms with E-state index in [1.807, 2.05) is 56.4 Å². The minimum atomic E-state index is -0.0274. The number of carbonyl (C=O) groups is 1. The largest absolute Gasteiger partial charge is 0.619 e. The van der Waals surface area contributed by atoms with Gasteiger partial charge in [-0.15, -0.1) is 0 Å². The van der Waals surface area contributed by atoms with Gasteiger partial charge in [-0.25, -0.2) is 9.98 Å². The highest BCUT2D eigenvalue weighted by molar-refractivity contribution is 5.81. The molecule has 0 N–H and O–H groups in total. The molecule has 0 spiro atoms. The van der Waals surface area contributed by atoms with Crippen LogP contribution in [0.1, 0.15) is 46.8 Å². The molecule has 0 fully saturated rings. The molecule has 1 unspecified atom stereocenters. The third kappa shape index (κ3) is 5.04. The second-order valence-electron chi connectivity index (χ2n) is 6.95. The summed E-state index contributed by atoms with van der Waals surface area (Å²) in [5.41, 5.74) is 4.47. The van der Waals surface area contributed by atoms with Gasteiger partial charge in [0.05, 0.1) is 12.7 Å². The first-order valence-corrected chi connectivity index (χ1v) is 9.29. The molecule has 2 aromatic heterocycles. The van der Waals surface area contributed by atoms with Gasteiger partial charge < -0.3 is 9.94 Å². The first kappa shape index (κ1) is 20.2. The number of aromatic nitrogens is 2. The van der Waals surface area contributed by atoms with Crippen molar-refractivity contribution in [3.8, 4) is 5.75 Å². The van der Waals surface area contributed by atoms with E-state index in [1.54, 1.807) is 13.2 Å². The minimum absolute atomic E-state index is 0.0274. The molecule has 0 bridgehead atoms. The first-order chi connectivity index (χ1) is 14.0. The van der Waals surface area contributed by atoms with Crippen LogP contribution in [0, 0.1) is 5.21 Å². The molecular weight excluding hydrogens is 366 g/mol. The summed E-state index contributed by atoms with van der Waals surface area (Å²) in [4.78, 5) is 20.1. The van der Waals surface area contributed by atoms with Gasteiger partial charge in [0.25, 0.3) is 0 Å². The Morgan fingerprint density at radius 1 is 1.17 bits per heavy atom. The van der Waals surface area contributed by atoms with E-state index in [4.69, 9.17) is 4.74 Å². The molecule has 2 heterocycles. The second kappa shape index (κ2) is 9.10. The van der Waals surface area contributed by atoms with E-state index < -0.39 is 0 Å². The van der Waals surface area contributed by atoms with Crippen molar-refractivity contribution in [1.29, 1.82) is 0 Å². The van der Waals surface area contributed by atoms with Gasteiger partial charge in [0.15, 0.2) is 24.5 Å². The number of carbonyl (C=O) groups excluding carboxylic acids is 1. The lowest BCUT2D eigenvalue weighted by molar-refractivity contribution is -0.605. The van der Waals surface area contributed by atoms with Crippen molar-refractivity contribution in [2.75, 3.05) is 7.11 Å². The van der Waals surface area contributed by atoms with Crippen molar-refractivity contribution >= 4 is 17.8 Å². The van der Waals surface area contributed by atoms with E-state index in [-0.39, 0.29) is 5.92 Å². The van der Waals surface area contributed by atoms with Gasteiger partial charge in [0.1, 0.15) is 5.75 Å². The quantitative estimate of drug-likeness (QED) is 0.265. The molecule has 6 heteroatoms. The molecule has 0 saturated carbocycles. The molecule has 0 aliphatic rings. The van der Waals surface area contributed by atoms with Crippen LogP contribution in [0.25, 0.3) is 0 Å². The zero-order valence-electron chi connectivity index (χ0n) is 16.7. The number of rotatable bonds is 7. The van der Waals surface area contributed by atoms with Crippen molar-refractivity contribution in [3.63, 3.8) is 0 Å². The summed E-state index contributed by atoms with van der Waals surface area (Å²) < 4.78 is 6.15. The Morgan fingerprint density at radius 3 is 2.48 bits per heavy atom. The lowest BCUT2D eigenvalue weighted by Crippen LogP contribution is -2.24. The number of aldehydes is 1. The summed E-state index contributed by atoms with van der Waals surface area (Å²) in [6, 6.07) is 13.1. The number of methoxy groups -OCH3 is 1. The third-order valence-electron chi connectivity index (χ3n) is 4.61. The molecule has 3 aromatic rings. The summed E-state index contributed by atoms with van der Waals surface area (Å²) in [6.07, 6.45) is 6.25. The molecule has 3 rings (SSSR count). The normalized spacial score (nSPS) is 11.6. The minimum Gasteiger partial charge on any atom is -0.619 e. The Morgan fingerprint density at radius 2 is 1.90 bits per heavy atom. The summed E-state index contributed by atoms with van der Waals surface area (Å²) in [6.45, 7) is 3.86. The number of ether oxygens (including phenoxy) is 1. The maximum absolute atomic E-state index is 11.4. The van der Waals surface area contributed by atoms with Gasteiger partial charge in [-0.1, -0.05) is 12.1 Å². The number of pyridine rings is 2. The van der Waals surface area contributed by atoms with Crippen molar-refractivity contribution in [1.82, 2.24) is 4.98 Å². The van der Waals surface area contributed by atoms with E-state index in [9.17, 15) is 10.0 Å². The van der Waals surface area contributed by atoms with Crippen molar-refractivity contribution in [3.05, 3.63) is 88.5 Å². The predicted octanol–water partition coefficient (Wildman–Crippen LogP) is 4.02. The fourth-order valence-electron chi connectivity index (χ4n) is 3.18. The molecule has 0 amide bonds. The monoisotopic (exact) mass is 389 g/mol. The van der Waals surface area contributed by atoms with Crippen molar-refractivity contribution in [2.24, 2.45) is 4.99 Å². The average Bonchev–Trinajstić information content (AvgIpc) is 2.73. The highest BCUT2D eigenvalue weighted by Gasteiger charge is 2.18. The Hall–Kier alpha value is -3.54. The Labute approximate surface area is 170 Å². The van der Waals surface area contributed by atoms with Gasteiger partial charge >= 0.3 is 0 Å². The predicted molar refractivity (Wildman–Crippen MR) is 112 cm³/mol. The van der Waals surface area contributed by atoms with Crippen LogP contribution >= 0.6 is 0 Å². The maximum atomic E-state index is 11.4. The zero-order valence-corrected chi connectivity index (χ0v) is 16.7.